The normalized spacial score (nSPS) is 14.0. The zero-order valence-corrected chi connectivity index (χ0v) is 25.3. The second kappa shape index (κ2) is 12.5. The number of methoxy groups -OCH3 is 1. The summed E-state index contributed by atoms with van der Waals surface area (Å²) in [6.45, 7) is 2.42. The molecule has 1 saturated carbocycles. The van der Waals surface area contributed by atoms with Crippen LogP contribution in [0.25, 0.3) is 0 Å². The van der Waals surface area contributed by atoms with Crippen LogP contribution in [-0.2, 0) is 33.2 Å². The second-order valence-corrected chi connectivity index (χ2v) is 13.8. The van der Waals surface area contributed by atoms with Crippen molar-refractivity contribution in [2.75, 3.05) is 33.5 Å². The number of nitrogens with zero attached hydrogens (tertiary/aromatic N) is 4. The monoisotopic (exact) mass is 594 g/mol. The molecule has 4 rings (SSSR count). The highest BCUT2D eigenvalue weighted by atomic mass is 32.2. The van der Waals surface area contributed by atoms with Crippen LogP contribution in [0.1, 0.15) is 56.5 Å². The van der Waals surface area contributed by atoms with Gasteiger partial charge in [-0.15, -0.1) is 17.8 Å². The predicted octanol–water partition coefficient (Wildman–Crippen LogP) is 3.60. The minimum Gasteiger partial charge on any atom is -0.495 e. The highest BCUT2D eigenvalue weighted by Crippen LogP contribution is 2.49. The molecule has 0 spiro atoms. The molecule has 0 atom stereocenters. The summed E-state index contributed by atoms with van der Waals surface area (Å²) in [5.41, 5.74) is 2.03. The summed E-state index contributed by atoms with van der Waals surface area (Å²) < 4.78 is 30.8. The van der Waals surface area contributed by atoms with Crippen molar-refractivity contribution in [2.24, 2.45) is 0 Å². The van der Waals surface area contributed by atoms with Crippen molar-refractivity contribution in [3.8, 4) is 18.1 Å². The van der Waals surface area contributed by atoms with Gasteiger partial charge in [0.2, 0.25) is 15.9 Å². The number of amides is 1. The highest BCUT2D eigenvalue weighted by Gasteiger charge is 2.54. The van der Waals surface area contributed by atoms with E-state index in [4.69, 9.17) is 11.2 Å². The van der Waals surface area contributed by atoms with E-state index < -0.39 is 27.0 Å². The molecule has 0 bridgehead atoms. The summed E-state index contributed by atoms with van der Waals surface area (Å²) in [5.74, 6) is 2.01. The first-order valence-electron chi connectivity index (χ1n) is 13.2. The lowest BCUT2D eigenvalue weighted by Gasteiger charge is -2.27. The van der Waals surface area contributed by atoms with Gasteiger partial charge >= 0.3 is 0 Å². The van der Waals surface area contributed by atoms with Crippen molar-refractivity contribution in [3.05, 3.63) is 75.0 Å². The van der Waals surface area contributed by atoms with Gasteiger partial charge in [-0.25, -0.2) is 17.7 Å². The largest absolute Gasteiger partial charge is 0.495 e. The second-order valence-electron chi connectivity index (χ2n) is 10.3. The number of rotatable bonds is 13. The van der Waals surface area contributed by atoms with E-state index >= 15 is 0 Å². The van der Waals surface area contributed by atoms with Gasteiger partial charge in [0.15, 0.2) is 5.78 Å². The Morgan fingerprint density at radius 3 is 2.56 bits per heavy atom. The van der Waals surface area contributed by atoms with E-state index in [9.17, 15) is 18.0 Å². The van der Waals surface area contributed by atoms with Crippen LogP contribution in [0.4, 0.5) is 0 Å². The van der Waals surface area contributed by atoms with Crippen LogP contribution in [0.2, 0.25) is 0 Å². The molecule has 0 N–H and O–H groups in total. The number of terminal acetylenes is 1. The van der Waals surface area contributed by atoms with Gasteiger partial charge in [-0.3, -0.25) is 14.6 Å². The zero-order chi connectivity index (χ0) is 29.8. The molecule has 216 valence electrons. The molecule has 2 heterocycles. The van der Waals surface area contributed by atoms with Gasteiger partial charge in [-0.1, -0.05) is 18.1 Å². The van der Waals surface area contributed by atoms with Gasteiger partial charge in [-0.2, -0.15) is 0 Å². The summed E-state index contributed by atoms with van der Waals surface area (Å²) in [6, 6.07) is 11.4. The maximum Gasteiger partial charge on any atom is 0.235 e. The molecule has 2 aromatic heterocycles. The van der Waals surface area contributed by atoms with Crippen molar-refractivity contribution in [1.29, 1.82) is 0 Å². The molecule has 1 amide bonds. The number of thiazole rings is 1. The predicted molar refractivity (Wildman–Crippen MR) is 158 cm³/mol. The summed E-state index contributed by atoms with van der Waals surface area (Å²) in [5, 5.41) is 0.578. The van der Waals surface area contributed by atoms with Gasteiger partial charge in [0, 0.05) is 31.1 Å². The fraction of sp³-hybridized carbons (Fsp3) is 0.400. The number of sulfonamides is 1. The molecule has 0 radical (unpaired) electrons. The SMILES string of the molecule is C#Cc1cccc(CCCN(Cc2nc(C(=O)CS(=O)(=O)N(C)C)c(C)s2)C(=O)C2(c3ccc(OC)cn3)CC2)c1. The number of ether oxygens (including phenoxy) is 1. The van der Waals surface area contributed by atoms with Crippen LogP contribution < -0.4 is 4.74 Å². The van der Waals surface area contributed by atoms with Crippen LogP contribution in [-0.4, -0.2) is 72.8 Å². The first kappa shape index (κ1) is 30.4. The van der Waals surface area contributed by atoms with E-state index in [1.807, 2.05) is 36.4 Å². The first-order chi connectivity index (χ1) is 19.5. The maximum atomic E-state index is 14.1. The van der Waals surface area contributed by atoms with Gasteiger partial charge in [0.05, 0.1) is 31.0 Å². The Bertz CT molecular complexity index is 1570. The third-order valence-corrected chi connectivity index (χ3v) is 9.89. The smallest absolute Gasteiger partial charge is 0.235 e. The number of benzene rings is 1. The van der Waals surface area contributed by atoms with Crippen LogP contribution >= 0.6 is 11.3 Å². The molecule has 0 aliphatic heterocycles. The lowest BCUT2D eigenvalue weighted by Crippen LogP contribution is -2.40. The van der Waals surface area contributed by atoms with Gasteiger partial charge < -0.3 is 9.64 Å². The minimum absolute atomic E-state index is 0.0385. The number of pyridine rings is 1. The molecule has 1 fully saturated rings. The summed E-state index contributed by atoms with van der Waals surface area (Å²) >= 11 is 1.30. The third kappa shape index (κ3) is 7.01. The molecule has 11 heteroatoms. The summed E-state index contributed by atoms with van der Waals surface area (Å²) in [4.78, 5) is 38.3. The number of aryl methyl sites for hydroxylation is 2. The van der Waals surface area contributed by atoms with E-state index in [0.29, 0.717) is 47.1 Å². The lowest BCUT2D eigenvalue weighted by molar-refractivity contribution is -0.134. The topological polar surface area (TPSA) is 110 Å². The molecular formula is C30H34N4O5S2. The quantitative estimate of drug-likeness (QED) is 0.220. The molecule has 1 aliphatic carbocycles. The number of carbonyl (C=O) groups is 2. The first-order valence-corrected chi connectivity index (χ1v) is 15.7. The molecule has 1 aliphatic rings. The Kier molecular flexibility index (Phi) is 9.27. The van der Waals surface area contributed by atoms with E-state index in [1.54, 1.807) is 25.1 Å². The van der Waals surface area contributed by atoms with Crippen molar-refractivity contribution in [2.45, 2.75) is 44.6 Å². The maximum absolute atomic E-state index is 14.1. The van der Waals surface area contributed by atoms with Gasteiger partial charge in [0.1, 0.15) is 22.2 Å². The van der Waals surface area contributed by atoms with E-state index in [0.717, 1.165) is 21.9 Å². The standard InChI is InChI=1S/C30H34N4O5S2/c1-6-22-9-7-10-23(17-22)11-8-16-34(29(36)30(14-15-30)26-13-12-24(39-5)18-31-26)19-27-32-28(21(2)40-27)25(35)20-41(37,38)33(3)4/h1,7,9-10,12-13,17-18H,8,11,14-16,19-20H2,2-5H3. The summed E-state index contributed by atoms with van der Waals surface area (Å²) in [6.07, 6.45) is 9.98. The number of aromatic nitrogens is 2. The number of Topliss-reactive ketones (excluding diaryl/α,β-unsaturated/α-hetero) is 1. The van der Waals surface area contributed by atoms with Crippen LogP contribution in [0, 0.1) is 19.3 Å². The molecule has 1 aromatic carbocycles. The number of carbonyl (C=O) groups excluding carboxylic acids is 2. The Morgan fingerprint density at radius 1 is 1.20 bits per heavy atom. The average molecular weight is 595 g/mol. The highest BCUT2D eigenvalue weighted by molar-refractivity contribution is 7.89. The molecule has 3 aromatic rings. The molecule has 0 saturated heterocycles. The lowest BCUT2D eigenvalue weighted by atomic mass is 9.99. The fourth-order valence-electron chi connectivity index (χ4n) is 4.64. The molecule has 0 unspecified atom stereocenters. The van der Waals surface area contributed by atoms with Crippen molar-refractivity contribution < 1.29 is 22.7 Å². The number of ketones is 1. The number of hydrogen-bond donors (Lipinski definition) is 0. The van der Waals surface area contributed by atoms with Gasteiger partial charge in [0.25, 0.3) is 0 Å². The molecule has 41 heavy (non-hydrogen) atoms. The average Bonchev–Trinajstić information content (AvgIpc) is 3.68. The molecule has 9 nitrogen and oxygen atoms in total. The van der Waals surface area contributed by atoms with Crippen molar-refractivity contribution in [3.63, 3.8) is 0 Å². The Morgan fingerprint density at radius 2 is 1.95 bits per heavy atom. The van der Waals surface area contributed by atoms with E-state index in [1.165, 1.54) is 25.4 Å². The Hall–Kier alpha value is -3.59. The summed E-state index contributed by atoms with van der Waals surface area (Å²) in [7, 11) is 0.623. The van der Waals surface area contributed by atoms with Crippen LogP contribution in [0.5, 0.6) is 5.75 Å². The Balaban J connectivity index is 1.56. The van der Waals surface area contributed by atoms with Gasteiger partial charge in [-0.05, 0) is 62.4 Å². The number of hydrogen-bond acceptors (Lipinski definition) is 8. The zero-order valence-electron chi connectivity index (χ0n) is 23.7. The van der Waals surface area contributed by atoms with Crippen LogP contribution in [0.3, 0.4) is 0 Å². The third-order valence-electron chi connectivity index (χ3n) is 7.20. The van der Waals surface area contributed by atoms with Crippen LogP contribution in [0.15, 0.2) is 42.6 Å². The van der Waals surface area contributed by atoms with Crippen molar-refractivity contribution in [1.82, 2.24) is 19.2 Å². The minimum atomic E-state index is -3.72. The fourth-order valence-corrected chi connectivity index (χ4v) is 6.33. The molecular weight excluding hydrogens is 560 g/mol. The van der Waals surface area contributed by atoms with E-state index in [2.05, 4.69) is 15.9 Å². The van der Waals surface area contributed by atoms with E-state index in [-0.39, 0.29) is 18.1 Å². The van der Waals surface area contributed by atoms with Crippen molar-refractivity contribution >= 4 is 33.1 Å². The Labute approximate surface area is 245 Å².